The SMILES string of the molecule is CNC(=O)COc1cc2cc(Nc3nc(NC[C@H]4CC[C@@H](Nc5cccc(C6CCC(=O)NC6O)c5)CC4)ncc3Cl)ccc2n(C)c1=O. The second-order valence-corrected chi connectivity index (χ2v) is 13.1. The van der Waals surface area contributed by atoms with Crippen molar-refractivity contribution >= 4 is 57.5 Å². The number of fused-ring (bicyclic) bond motifs is 1. The topological polar surface area (TPSA) is 172 Å². The summed E-state index contributed by atoms with van der Waals surface area (Å²) in [5.74, 6) is 0.910. The molecule has 258 valence electrons. The van der Waals surface area contributed by atoms with E-state index in [4.69, 9.17) is 16.3 Å². The molecular formula is C35H41ClN8O5. The van der Waals surface area contributed by atoms with Gasteiger partial charge in [0.1, 0.15) is 11.3 Å². The third-order valence-corrected chi connectivity index (χ3v) is 9.57. The quantitative estimate of drug-likeness (QED) is 0.134. The summed E-state index contributed by atoms with van der Waals surface area (Å²) in [6, 6.07) is 15.6. The first-order valence-corrected chi connectivity index (χ1v) is 16.9. The normalized spacial score (nSPS) is 20.7. The van der Waals surface area contributed by atoms with Gasteiger partial charge >= 0.3 is 0 Å². The standard InChI is InChI=1S/C35H41ClN8O5/c1-37-31(46)19-49-29-16-22-15-25(10-12-28(22)44(2)34(29)48)41-32-27(36)18-39-35(43-32)38-17-20-6-8-23(9-7-20)40-24-5-3-4-21(14-24)26-11-13-30(45)42-33(26)47/h3-5,10,12,14-16,18,20,23,26,33,40,47H,6-9,11,13,17,19H2,1-2H3,(H,37,46)(H,42,45)(H2,38,39,41,43)/t20-,23+,26?,33?. The molecule has 1 aliphatic heterocycles. The van der Waals surface area contributed by atoms with Crippen LogP contribution in [0.4, 0.5) is 23.1 Å². The van der Waals surface area contributed by atoms with E-state index in [2.05, 4.69) is 48.7 Å². The van der Waals surface area contributed by atoms with E-state index in [1.165, 1.54) is 11.6 Å². The van der Waals surface area contributed by atoms with E-state index < -0.39 is 6.23 Å². The van der Waals surface area contributed by atoms with Crippen LogP contribution in [0.1, 0.15) is 50.0 Å². The number of likely N-dealkylation sites (N-methyl/N-ethyl adjacent to an activating group) is 1. The maximum atomic E-state index is 12.7. The van der Waals surface area contributed by atoms with Crippen LogP contribution in [0.3, 0.4) is 0 Å². The first kappa shape index (κ1) is 34.0. The van der Waals surface area contributed by atoms with Gasteiger partial charge in [0, 0.05) is 55.8 Å². The van der Waals surface area contributed by atoms with Crippen LogP contribution in [0.5, 0.6) is 5.75 Å². The highest BCUT2D eigenvalue weighted by molar-refractivity contribution is 6.32. The minimum Gasteiger partial charge on any atom is -0.478 e. The number of amides is 2. The van der Waals surface area contributed by atoms with Gasteiger partial charge in [-0.05, 0) is 80.0 Å². The van der Waals surface area contributed by atoms with Gasteiger partial charge in [-0.25, -0.2) is 4.98 Å². The summed E-state index contributed by atoms with van der Waals surface area (Å²) in [4.78, 5) is 45.0. The van der Waals surface area contributed by atoms with Crippen LogP contribution >= 0.6 is 11.6 Å². The van der Waals surface area contributed by atoms with Crippen molar-refractivity contribution in [2.45, 2.75) is 56.7 Å². The number of hydrogen-bond donors (Lipinski definition) is 6. The molecule has 4 aromatic rings. The summed E-state index contributed by atoms with van der Waals surface area (Å²) >= 11 is 6.46. The smallest absolute Gasteiger partial charge is 0.293 e. The number of anilines is 4. The molecule has 6 N–H and O–H groups in total. The third kappa shape index (κ3) is 8.23. The van der Waals surface area contributed by atoms with Gasteiger partial charge in [-0.3, -0.25) is 14.4 Å². The van der Waals surface area contributed by atoms with Crippen molar-refractivity contribution in [2.75, 3.05) is 36.1 Å². The average molecular weight is 689 g/mol. The Labute approximate surface area is 288 Å². The third-order valence-electron chi connectivity index (χ3n) is 9.29. The number of halogens is 1. The van der Waals surface area contributed by atoms with Crippen LogP contribution in [-0.4, -0.2) is 63.9 Å². The summed E-state index contributed by atoms with van der Waals surface area (Å²) < 4.78 is 6.95. The number of carbonyl (C=O) groups is 2. The van der Waals surface area contributed by atoms with E-state index in [1.807, 2.05) is 30.3 Å². The predicted molar refractivity (Wildman–Crippen MR) is 190 cm³/mol. The molecule has 14 heteroatoms. The second kappa shape index (κ2) is 15.1. The number of pyridine rings is 1. The molecule has 1 aliphatic carbocycles. The summed E-state index contributed by atoms with van der Waals surface area (Å²) in [7, 11) is 3.16. The zero-order valence-corrected chi connectivity index (χ0v) is 28.2. The molecule has 6 rings (SSSR count). The predicted octanol–water partition coefficient (Wildman–Crippen LogP) is 4.25. The van der Waals surface area contributed by atoms with Crippen molar-refractivity contribution < 1.29 is 19.4 Å². The molecule has 2 atom stereocenters. The van der Waals surface area contributed by atoms with Crippen molar-refractivity contribution in [3.05, 3.63) is 75.7 Å². The fraction of sp³-hybridized carbons (Fsp3) is 0.400. The number of aliphatic hydroxyl groups excluding tert-OH is 1. The Bertz CT molecular complexity index is 1890. The number of aliphatic hydroxyl groups is 1. The van der Waals surface area contributed by atoms with Crippen LogP contribution < -0.4 is 36.9 Å². The van der Waals surface area contributed by atoms with Crippen LogP contribution in [0, 0.1) is 5.92 Å². The van der Waals surface area contributed by atoms with E-state index >= 15 is 0 Å². The van der Waals surface area contributed by atoms with Gasteiger partial charge in [0.25, 0.3) is 11.5 Å². The fourth-order valence-electron chi connectivity index (χ4n) is 6.50. The zero-order valence-electron chi connectivity index (χ0n) is 27.5. The molecular weight excluding hydrogens is 648 g/mol. The van der Waals surface area contributed by atoms with Crippen LogP contribution in [0.25, 0.3) is 10.9 Å². The molecule has 2 amide bonds. The zero-order chi connectivity index (χ0) is 34.5. The monoisotopic (exact) mass is 688 g/mol. The Morgan fingerprint density at radius 1 is 1.08 bits per heavy atom. The lowest BCUT2D eigenvalue weighted by atomic mass is 9.85. The highest BCUT2D eigenvalue weighted by atomic mass is 35.5. The minimum atomic E-state index is -0.857. The largest absolute Gasteiger partial charge is 0.478 e. The molecule has 2 aliphatic rings. The van der Waals surface area contributed by atoms with Crippen molar-refractivity contribution in [1.29, 1.82) is 0 Å². The summed E-state index contributed by atoms with van der Waals surface area (Å²) in [5.41, 5.74) is 3.12. The van der Waals surface area contributed by atoms with Crippen molar-refractivity contribution in [3.63, 3.8) is 0 Å². The molecule has 2 aromatic heterocycles. The molecule has 1 saturated heterocycles. The number of benzene rings is 2. The van der Waals surface area contributed by atoms with Gasteiger partial charge in [0.05, 0.1) is 11.7 Å². The number of aryl methyl sites for hydroxylation is 1. The first-order chi connectivity index (χ1) is 23.7. The lowest BCUT2D eigenvalue weighted by Crippen LogP contribution is -2.43. The fourth-order valence-corrected chi connectivity index (χ4v) is 6.64. The van der Waals surface area contributed by atoms with E-state index in [-0.39, 0.29) is 35.6 Å². The number of nitrogens with zero attached hydrogens (tertiary/aromatic N) is 3. The molecule has 2 unspecified atom stereocenters. The Morgan fingerprint density at radius 3 is 2.67 bits per heavy atom. The molecule has 2 fully saturated rings. The van der Waals surface area contributed by atoms with Crippen LogP contribution in [0.2, 0.25) is 5.02 Å². The summed E-state index contributed by atoms with van der Waals surface area (Å²) in [6.07, 6.45) is 5.90. The lowest BCUT2D eigenvalue weighted by molar-refractivity contribution is -0.127. The summed E-state index contributed by atoms with van der Waals surface area (Å²) in [5, 5.41) is 26.9. The molecule has 0 bridgehead atoms. The molecule has 2 aromatic carbocycles. The number of piperidine rings is 1. The Morgan fingerprint density at radius 2 is 1.90 bits per heavy atom. The van der Waals surface area contributed by atoms with E-state index in [0.717, 1.165) is 48.9 Å². The van der Waals surface area contributed by atoms with E-state index in [1.54, 1.807) is 19.3 Å². The maximum Gasteiger partial charge on any atom is 0.293 e. The van der Waals surface area contributed by atoms with Gasteiger partial charge in [-0.15, -0.1) is 0 Å². The minimum absolute atomic E-state index is 0.0779. The highest BCUT2D eigenvalue weighted by Crippen LogP contribution is 2.32. The number of hydrogen-bond acceptors (Lipinski definition) is 10. The molecule has 3 heterocycles. The maximum absolute atomic E-state index is 12.7. The Hall–Kier alpha value is -4.88. The average Bonchev–Trinajstić information content (AvgIpc) is 3.10. The number of carbonyl (C=O) groups excluding carboxylic acids is 2. The van der Waals surface area contributed by atoms with Crippen LogP contribution in [0.15, 0.2) is 59.5 Å². The Balaban J connectivity index is 1.03. The van der Waals surface area contributed by atoms with Gasteiger partial charge in [-0.1, -0.05) is 23.7 Å². The van der Waals surface area contributed by atoms with Gasteiger partial charge in [0.15, 0.2) is 18.2 Å². The number of rotatable bonds is 11. The second-order valence-electron chi connectivity index (χ2n) is 12.6. The lowest BCUT2D eigenvalue weighted by Gasteiger charge is -2.31. The van der Waals surface area contributed by atoms with Crippen molar-refractivity contribution in [1.82, 2.24) is 25.2 Å². The molecule has 0 radical (unpaired) electrons. The van der Waals surface area contributed by atoms with Gasteiger partial charge in [0.2, 0.25) is 11.9 Å². The van der Waals surface area contributed by atoms with Crippen molar-refractivity contribution in [2.24, 2.45) is 13.0 Å². The van der Waals surface area contributed by atoms with E-state index in [0.29, 0.717) is 52.8 Å². The van der Waals surface area contributed by atoms with Gasteiger partial charge < -0.3 is 41.0 Å². The molecule has 0 spiro atoms. The molecule has 49 heavy (non-hydrogen) atoms. The summed E-state index contributed by atoms with van der Waals surface area (Å²) in [6.45, 7) is 0.474. The first-order valence-electron chi connectivity index (χ1n) is 16.5. The number of nitrogens with one attached hydrogen (secondary N) is 5. The van der Waals surface area contributed by atoms with E-state index in [9.17, 15) is 19.5 Å². The van der Waals surface area contributed by atoms with Crippen LogP contribution in [-0.2, 0) is 16.6 Å². The Kier molecular flexibility index (Phi) is 10.5. The highest BCUT2D eigenvalue weighted by Gasteiger charge is 2.28. The van der Waals surface area contributed by atoms with Crippen molar-refractivity contribution in [3.8, 4) is 5.75 Å². The molecule has 13 nitrogen and oxygen atoms in total. The molecule has 1 saturated carbocycles. The number of ether oxygens (including phenoxy) is 1. The number of aromatic nitrogens is 3. The van der Waals surface area contributed by atoms with Gasteiger partial charge in [-0.2, -0.15) is 4.98 Å².